The highest BCUT2D eigenvalue weighted by Gasteiger charge is 2.23. The first-order chi connectivity index (χ1) is 14.1. The minimum atomic E-state index is -0.0466. The zero-order valence-electron chi connectivity index (χ0n) is 16.2. The quantitative estimate of drug-likeness (QED) is 0.729. The SMILES string of the molecule is Cc1ccc2oc(N3CCN(CC(=O)Nc4ccc5c(c4)OCO5)CC3)nc2c1. The Labute approximate surface area is 168 Å². The second-order valence-electron chi connectivity index (χ2n) is 7.35. The van der Waals surface area contributed by atoms with Crippen molar-refractivity contribution < 1.29 is 18.7 Å². The summed E-state index contributed by atoms with van der Waals surface area (Å²) < 4.78 is 16.5. The molecule has 0 saturated carbocycles. The molecule has 0 spiro atoms. The molecule has 2 aliphatic rings. The van der Waals surface area contributed by atoms with Crippen molar-refractivity contribution in [3.8, 4) is 11.5 Å². The van der Waals surface area contributed by atoms with Gasteiger partial charge in [0.2, 0.25) is 12.7 Å². The number of piperazine rings is 1. The number of fused-ring (bicyclic) bond motifs is 2. The van der Waals surface area contributed by atoms with Crippen LogP contribution in [0.2, 0.25) is 0 Å². The van der Waals surface area contributed by atoms with Gasteiger partial charge in [-0.25, -0.2) is 0 Å². The highest BCUT2D eigenvalue weighted by molar-refractivity contribution is 5.92. The van der Waals surface area contributed by atoms with E-state index in [1.807, 2.05) is 31.2 Å². The number of carbonyl (C=O) groups excluding carboxylic acids is 1. The third-order valence-electron chi connectivity index (χ3n) is 5.20. The van der Waals surface area contributed by atoms with Crippen molar-refractivity contribution in [2.45, 2.75) is 6.92 Å². The largest absolute Gasteiger partial charge is 0.454 e. The van der Waals surface area contributed by atoms with Gasteiger partial charge in [-0.05, 0) is 36.8 Å². The van der Waals surface area contributed by atoms with Crippen LogP contribution >= 0.6 is 0 Å². The average molecular weight is 394 g/mol. The molecule has 0 aliphatic carbocycles. The molecule has 150 valence electrons. The third kappa shape index (κ3) is 3.71. The average Bonchev–Trinajstić information content (AvgIpc) is 3.34. The fraction of sp³-hybridized carbons (Fsp3) is 0.333. The fourth-order valence-corrected chi connectivity index (χ4v) is 3.64. The van der Waals surface area contributed by atoms with E-state index in [-0.39, 0.29) is 12.7 Å². The van der Waals surface area contributed by atoms with Crippen molar-refractivity contribution in [2.24, 2.45) is 0 Å². The lowest BCUT2D eigenvalue weighted by atomic mass is 10.2. The molecule has 0 bridgehead atoms. The highest BCUT2D eigenvalue weighted by atomic mass is 16.7. The number of ether oxygens (including phenoxy) is 2. The minimum absolute atomic E-state index is 0.0466. The molecule has 1 aromatic heterocycles. The maximum Gasteiger partial charge on any atom is 0.298 e. The van der Waals surface area contributed by atoms with Gasteiger partial charge in [-0.15, -0.1) is 0 Å². The van der Waals surface area contributed by atoms with E-state index in [0.717, 1.165) is 42.8 Å². The molecule has 1 N–H and O–H groups in total. The van der Waals surface area contributed by atoms with Crippen molar-refractivity contribution in [2.75, 3.05) is 49.7 Å². The number of oxazole rings is 1. The van der Waals surface area contributed by atoms with Gasteiger partial charge in [0.15, 0.2) is 17.1 Å². The van der Waals surface area contributed by atoms with Crippen LogP contribution in [-0.2, 0) is 4.79 Å². The number of aromatic nitrogens is 1. The van der Waals surface area contributed by atoms with Crippen LogP contribution in [0.4, 0.5) is 11.7 Å². The molecule has 0 radical (unpaired) electrons. The van der Waals surface area contributed by atoms with E-state index >= 15 is 0 Å². The molecular formula is C21H22N4O4. The Morgan fingerprint density at radius 3 is 2.76 bits per heavy atom. The van der Waals surface area contributed by atoms with Gasteiger partial charge in [0.05, 0.1) is 6.54 Å². The summed E-state index contributed by atoms with van der Waals surface area (Å²) in [6, 6.07) is 12.1. The normalized spacial score (nSPS) is 16.4. The Kier molecular flexibility index (Phi) is 4.48. The molecule has 1 amide bonds. The molecule has 3 aromatic rings. The Hall–Kier alpha value is -3.26. The number of rotatable bonds is 4. The van der Waals surface area contributed by atoms with E-state index in [1.54, 1.807) is 12.1 Å². The Bertz CT molecular complexity index is 1060. The number of hydrogen-bond donors (Lipinski definition) is 1. The van der Waals surface area contributed by atoms with Gasteiger partial charge < -0.3 is 24.1 Å². The Balaban J connectivity index is 1.15. The van der Waals surface area contributed by atoms with E-state index in [0.29, 0.717) is 29.7 Å². The zero-order valence-corrected chi connectivity index (χ0v) is 16.2. The van der Waals surface area contributed by atoms with Crippen LogP contribution in [0.3, 0.4) is 0 Å². The number of benzene rings is 2. The Morgan fingerprint density at radius 1 is 1.07 bits per heavy atom. The fourth-order valence-electron chi connectivity index (χ4n) is 3.64. The van der Waals surface area contributed by atoms with Crippen molar-refractivity contribution >= 4 is 28.7 Å². The van der Waals surface area contributed by atoms with E-state index in [9.17, 15) is 4.79 Å². The van der Waals surface area contributed by atoms with Crippen LogP contribution in [0.1, 0.15) is 5.56 Å². The second-order valence-corrected chi connectivity index (χ2v) is 7.35. The number of hydrogen-bond acceptors (Lipinski definition) is 7. The van der Waals surface area contributed by atoms with Gasteiger partial charge in [0.1, 0.15) is 5.52 Å². The van der Waals surface area contributed by atoms with Gasteiger partial charge in [0.25, 0.3) is 6.01 Å². The van der Waals surface area contributed by atoms with Crippen LogP contribution in [0.5, 0.6) is 11.5 Å². The number of anilines is 2. The van der Waals surface area contributed by atoms with Crippen molar-refractivity contribution in [1.29, 1.82) is 0 Å². The van der Waals surface area contributed by atoms with Gasteiger partial charge in [0, 0.05) is 37.9 Å². The molecule has 29 heavy (non-hydrogen) atoms. The summed E-state index contributed by atoms with van der Waals surface area (Å²) in [6.07, 6.45) is 0. The lowest BCUT2D eigenvalue weighted by molar-refractivity contribution is -0.117. The first-order valence-electron chi connectivity index (χ1n) is 9.68. The van der Waals surface area contributed by atoms with Crippen LogP contribution in [0.15, 0.2) is 40.8 Å². The predicted molar refractivity (Wildman–Crippen MR) is 109 cm³/mol. The van der Waals surface area contributed by atoms with E-state index in [2.05, 4.69) is 20.1 Å². The molecule has 5 rings (SSSR count). The monoisotopic (exact) mass is 394 g/mol. The highest BCUT2D eigenvalue weighted by Crippen LogP contribution is 2.34. The number of aryl methyl sites for hydroxylation is 1. The third-order valence-corrected chi connectivity index (χ3v) is 5.20. The van der Waals surface area contributed by atoms with E-state index in [4.69, 9.17) is 13.9 Å². The molecular weight excluding hydrogens is 372 g/mol. The van der Waals surface area contributed by atoms with Gasteiger partial charge in [-0.3, -0.25) is 9.69 Å². The summed E-state index contributed by atoms with van der Waals surface area (Å²) in [5, 5.41) is 2.92. The number of nitrogens with one attached hydrogen (secondary N) is 1. The van der Waals surface area contributed by atoms with Crippen molar-refractivity contribution in [3.05, 3.63) is 42.0 Å². The minimum Gasteiger partial charge on any atom is -0.454 e. The Morgan fingerprint density at radius 2 is 1.90 bits per heavy atom. The molecule has 8 nitrogen and oxygen atoms in total. The van der Waals surface area contributed by atoms with E-state index in [1.165, 1.54) is 0 Å². The maximum atomic E-state index is 12.4. The summed E-state index contributed by atoms with van der Waals surface area (Å²) >= 11 is 0. The predicted octanol–water partition coefficient (Wildman–Crippen LogP) is 2.63. The number of carbonyl (C=O) groups is 1. The van der Waals surface area contributed by atoms with Crippen molar-refractivity contribution in [1.82, 2.24) is 9.88 Å². The number of amides is 1. The smallest absolute Gasteiger partial charge is 0.298 e. The molecule has 3 heterocycles. The lowest BCUT2D eigenvalue weighted by Crippen LogP contribution is -2.48. The van der Waals surface area contributed by atoms with Crippen LogP contribution < -0.4 is 19.7 Å². The van der Waals surface area contributed by atoms with Gasteiger partial charge >= 0.3 is 0 Å². The summed E-state index contributed by atoms with van der Waals surface area (Å²) in [4.78, 5) is 21.3. The van der Waals surface area contributed by atoms with Gasteiger partial charge in [-0.1, -0.05) is 6.07 Å². The molecule has 2 aromatic carbocycles. The molecule has 8 heteroatoms. The first-order valence-corrected chi connectivity index (χ1v) is 9.68. The van der Waals surface area contributed by atoms with Crippen LogP contribution in [0, 0.1) is 6.92 Å². The molecule has 0 unspecified atom stereocenters. The first kappa shape index (κ1) is 17.8. The van der Waals surface area contributed by atoms with Crippen molar-refractivity contribution in [3.63, 3.8) is 0 Å². The molecule has 1 fully saturated rings. The topological polar surface area (TPSA) is 80.1 Å². The van der Waals surface area contributed by atoms with E-state index < -0.39 is 0 Å². The molecule has 0 atom stereocenters. The number of nitrogens with zero attached hydrogens (tertiary/aromatic N) is 3. The summed E-state index contributed by atoms with van der Waals surface area (Å²) in [5.74, 6) is 1.31. The lowest BCUT2D eigenvalue weighted by Gasteiger charge is -2.33. The molecule has 2 aliphatic heterocycles. The summed E-state index contributed by atoms with van der Waals surface area (Å²) in [6.45, 7) is 5.68. The summed E-state index contributed by atoms with van der Waals surface area (Å²) in [7, 11) is 0. The maximum absolute atomic E-state index is 12.4. The van der Waals surface area contributed by atoms with Crippen LogP contribution in [-0.4, -0.2) is 55.3 Å². The standard InChI is InChI=1S/C21H22N4O4/c1-14-2-4-17-16(10-14)23-21(29-17)25-8-6-24(7-9-25)12-20(26)22-15-3-5-18-19(11-15)28-13-27-18/h2-5,10-11H,6-9,12-13H2,1H3,(H,22,26). The zero-order chi connectivity index (χ0) is 19.8. The summed E-state index contributed by atoms with van der Waals surface area (Å²) in [5.41, 5.74) is 3.55. The van der Waals surface area contributed by atoms with Crippen LogP contribution in [0.25, 0.3) is 11.1 Å². The van der Waals surface area contributed by atoms with Gasteiger partial charge in [-0.2, -0.15) is 4.98 Å². The second kappa shape index (κ2) is 7.29. The molecule has 1 saturated heterocycles.